The highest BCUT2D eigenvalue weighted by atomic mass is 16.2. The first kappa shape index (κ1) is 8.21. The van der Waals surface area contributed by atoms with Crippen molar-refractivity contribution in [1.82, 2.24) is 4.90 Å². The fourth-order valence-corrected chi connectivity index (χ4v) is 0.333. The Morgan fingerprint density at radius 2 is 2.22 bits per heavy atom. The number of hydrogen-bond acceptors (Lipinski definition) is 1. The van der Waals surface area contributed by atoms with Gasteiger partial charge in [-0.2, -0.15) is 0 Å². The van der Waals surface area contributed by atoms with E-state index in [9.17, 15) is 4.79 Å². The Balaban J connectivity index is 3.63. The maximum absolute atomic E-state index is 10.7. The van der Waals surface area contributed by atoms with Crippen LogP contribution in [-0.2, 0) is 4.79 Å². The molecule has 1 amide bonds. The summed E-state index contributed by atoms with van der Waals surface area (Å²) in [6, 6.07) is 0. The molecule has 0 N–H and O–H groups in total. The van der Waals surface area contributed by atoms with Crippen LogP contribution < -0.4 is 0 Å². The second-order valence-corrected chi connectivity index (χ2v) is 1.92. The number of rotatable bonds is 2. The molecule has 9 heavy (non-hydrogen) atoms. The Morgan fingerprint density at radius 1 is 1.67 bits per heavy atom. The third kappa shape index (κ3) is 3.76. The normalized spacial score (nSPS) is 10.1. The lowest BCUT2D eigenvalue weighted by molar-refractivity contribution is -0.123. The average Bonchev–Trinajstić information content (AvgIpc) is 1.82. The summed E-state index contributed by atoms with van der Waals surface area (Å²) in [6.07, 6.45) is 3.93. The molecule has 0 aromatic rings. The van der Waals surface area contributed by atoms with E-state index in [0.717, 1.165) is 0 Å². The van der Waals surface area contributed by atoms with Gasteiger partial charge in [0.1, 0.15) is 0 Å². The lowest BCUT2D eigenvalue weighted by Crippen LogP contribution is -2.18. The number of hydrogen-bond donors (Lipinski definition) is 0. The molecule has 1 radical (unpaired) electrons. The zero-order chi connectivity index (χ0) is 7.28. The van der Waals surface area contributed by atoms with Crippen molar-refractivity contribution in [2.24, 2.45) is 0 Å². The molecule has 0 aliphatic heterocycles. The first-order valence-electron chi connectivity index (χ1n) is 2.85. The number of carbonyl (C=O) groups is 1. The number of likely N-dealkylation sites (N-methyl/N-ethyl adjacent to an activating group) is 1. The van der Waals surface area contributed by atoms with Crippen LogP contribution in [0.2, 0.25) is 0 Å². The predicted molar refractivity (Wildman–Crippen MR) is 37.8 cm³/mol. The van der Waals surface area contributed by atoms with Crippen LogP contribution in [0.15, 0.2) is 12.2 Å². The summed E-state index contributed by atoms with van der Waals surface area (Å²) in [6.45, 7) is 3.56. The number of carbonyl (C=O) groups excluding carboxylic acids is 1. The molecular weight excluding hydrogens is 114 g/mol. The summed E-state index contributed by atoms with van der Waals surface area (Å²) in [4.78, 5) is 12.2. The lowest BCUT2D eigenvalue weighted by atomic mass is 10.4. The largest absolute Gasteiger partial charge is 0.345 e. The molecule has 2 nitrogen and oxygen atoms in total. The average molecular weight is 126 g/mol. The maximum atomic E-state index is 10.7. The van der Waals surface area contributed by atoms with Crippen molar-refractivity contribution < 1.29 is 4.79 Å². The van der Waals surface area contributed by atoms with E-state index >= 15 is 0 Å². The summed E-state index contributed by atoms with van der Waals surface area (Å²) < 4.78 is 0. The van der Waals surface area contributed by atoms with Crippen LogP contribution >= 0.6 is 0 Å². The van der Waals surface area contributed by atoms with E-state index in [1.807, 2.05) is 0 Å². The molecule has 2 heteroatoms. The Labute approximate surface area is 56.2 Å². The first-order chi connectivity index (χ1) is 4.18. The van der Waals surface area contributed by atoms with E-state index in [0.29, 0.717) is 6.42 Å². The quantitative estimate of drug-likeness (QED) is 0.502. The standard InChI is InChI=1S/C7H12NO/c1-4-5-6-7(9)8(2)3/h5-6H,1,4H2,2-3H3/b6-5+. The van der Waals surface area contributed by atoms with Gasteiger partial charge in [0.05, 0.1) is 0 Å². The van der Waals surface area contributed by atoms with Crippen LogP contribution in [0.1, 0.15) is 6.42 Å². The van der Waals surface area contributed by atoms with Crippen molar-refractivity contribution in [3.8, 4) is 0 Å². The highest BCUT2D eigenvalue weighted by Crippen LogP contribution is 1.83. The molecule has 0 aromatic heterocycles. The molecule has 0 aliphatic rings. The minimum atomic E-state index is 0.0126. The topological polar surface area (TPSA) is 20.3 Å². The zero-order valence-electron chi connectivity index (χ0n) is 5.92. The predicted octanol–water partition coefficient (Wildman–Crippen LogP) is 0.855. The first-order valence-corrected chi connectivity index (χ1v) is 2.85. The van der Waals surface area contributed by atoms with E-state index in [-0.39, 0.29) is 5.91 Å². The van der Waals surface area contributed by atoms with E-state index < -0.39 is 0 Å². The molecule has 0 unspecified atom stereocenters. The van der Waals surface area contributed by atoms with Gasteiger partial charge in [0.25, 0.3) is 0 Å². The molecule has 0 bridgehead atoms. The Morgan fingerprint density at radius 3 is 2.56 bits per heavy atom. The maximum Gasteiger partial charge on any atom is 0.245 e. The minimum absolute atomic E-state index is 0.0126. The second kappa shape index (κ2) is 4.13. The van der Waals surface area contributed by atoms with Crippen molar-refractivity contribution in [1.29, 1.82) is 0 Å². The van der Waals surface area contributed by atoms with Gasteiger partial charge in [-0.15, -0.1) is 0 Å². The van der Waals surface area contributed by atoms with Crippen LogP contribution in [0.4, 0.5) is 0 Å². The Kier molecular flexibility index (Phi) is 3.76. The minimum Gasteiger partial charge on any atom is -0.345 e. The SMILES string of the molecule is [CH2]C/C=C/C(=O)N(C)C. The molecule has 0 saturated heterocycles. The lowest BCUT2D eigenvalue weighted by Gasteiger charge is -2.04. The van der Waals surface area contributed by atoms with Gasteiger partial charge in [0.2, 0.25) is 5.91 Å². The van der Waals surface area contributed by atoms with Crippen molar-refractivity contribution >= 4 is 5.91 Å². The molecule has 0 rings (SSSR count). The van der Waals surface area contributed by atoms with Crippen molar-refractivity contribution in [2.45, 2.75) is 6.42 Å². The number of amides is 1. The summed E-state index contributed by atoms with van der Waals surface area (Å²) in [5.41, 5.74) is 0. The molecule has 0 spiro atoms. The molecule has 0 heterocycles. The summed E-state index contributed by atoms with van der Waals surface area (Å²) >= 11 is 0. The van der Waals surface area contributed by atoms with Gasteiger partial charge in [-0.3, -0.25) is 4.79 Å². The molecule has 0 fully saturated rings. The summed E-state index contributed by atoms with van der Waals surface area (Å²) in [7, 11) is 3.44. The van der Waals surface area contributed by atoms with E-state index in [4.69, 9.17) is 0 Å². The Bertz CT molecular complexity index is 116. The van der Waals surface area contributed by atoms with Gasteiger partial charge in [-0.1, -0.05) is 6.08 Å². The van der Waals surface area contributed by atoms with Gasteiger partial charge < -0.3 is 4.90 Å². The van der Waals surface area contributed by atoms with Crippen LogP contribution in [0.5, 0.6) is 0 Å². The molecule has 0 aliphatic carbocycles. The highest BCUT2D eigenvalue weighted by molar-refractivity contribution is 5.87. The summed E-state index contributed by atoms with van der Waals surface area (Å²) in [5, 5.41) is 0. The third-order valence-corrected chi connectivity index (χ3v) is 0.868. The molecule has 0 saturated carbocycles. The fourth-order valence-electron chi connectivity index (χ4n) is 0.333. The molecule has 0 aromatic carbocycles. The van der Waals surface area contributed by atoms with Crippen LogP contribution in [0, 0.1) is 6.92 Å². The van der Waals surface area contributed by atoms with Gasteiger partial charge in [0.15, 0.2) is 0 Å². The smallest absolute Gasteiger partial charge is 0.245 e. The van der Waals surface area contributed by atoms with Gasteiger partial charge in [0, 0.05) is 14.1 Å². The number of nitrogens with zero attached hydrogens (tertiary/aromatic N) is 1. The van der Waals surface area contributed by atoms with E-state index in [1.54, 1.807) is 20.2 Å². The van der Waals surface area contributed by atoms with Gasteiger partial charge >= 0.3 is 0 Å². The summed E-state index contributed by atoms with van der Waals surface area (Å²) in [5.74, 6) is 0.0126. The Hall–Kier alpha value is -0.790. The van der Waals surface area contributed by atoms with Crippen LogP contribution in [0.25, 0.3) is 0 Å². The zero-order valence-corrected chi connectivity index (χ0v) is 5.92. The second-order valence-electron chi connectivity index (χ2n) is 1.92. The van der Waals surface area contributed by atoms with Crippen molar-refractivity contribution in [3.05, 3.63) is 19.1 Å². The molecule has 51 valence electrons. The molecular formula is C7H12NO. The van der Waals surface area contributed by atoms with Crippen molar-refractivity contribution in [3.63, 3.8) is 0 Å². The van der Waals surface area contributed by atoms with Gasteiger partial charge in [-0.05, 0) is 19.4 Å². The van der Waals surface area contributed by atoms with Crippen LogP contribution in [-0.4, -0.2) is 24.9 Å². The molecule has 0 atom stereocenters. The van der Waals surface area contributed by atoms with E-state index in [2.05, 4.69) is 6.92 Å². The van der Waals surface area contributed by atoms with Gasteiger partial charge in [-0.25, -0.2) is 0 Å². The van der Waals surface area contributed by atoms with Crippen LogP contribution in [0.3, 0.4) is 0 Å². The fraction of sp³-hybridized carbons (Fsp3) is 0.429. The van der Waals surface area contributed by atoms with E-state index in [1.165, 1.54) is 11.0 Å². The third-order valence-electron chi connectivity index (χ3n) is 0.868. The monoisotopic (exact) mass is 126 g/mol. The highest BCUT2D eigenvalue weighted by Gasteiger charge is 1.93. The number of allylic oxidation sites excluding steroid dienone is 1. The van der Waals surface area contributed by atoms with Crippen molar-refractivity contribution in [2.75, 3.05) is 14.1 Å².